The number of hydrogen-bond donors (Lipinski definition) is 0. The summed E-state index contributed by atoms with van der Waals surface area (Å²) in [5.74, 6) is 0.865. The first-order valence-electron chi connectivity index (χ1n) is 5.27. The fraction of sp³-hybridized carbons (Fsp3) is 0.500. The van der Waals surface area contributed by atoms with E-state index in [0.29, 0.717) is 6.61 Å². The van der Waals surface area contributed by atoms with Gasteiger partial charge in [0.25, 0.3) is 0 Å². The van der Waals surface area contributed by atoms with Crippen molar-refractivity contribution in [3.8, 4) is 5.75 Å². The molecule has 0 amide bonds. The van der Waals surface area contributed by atoms with Crippen LogP contribution in [0.15, 0.2) is 24.3 Å². The van der Waals surface area contributed by atoms with Crippen LogP contribution in [0.2, 0.25) is 0 Å². The van der Waals surface area contributed by atoms with Gasteiger partial charge in [-0.05, 0) is 6.42 Å². The molecular formula is C12H15BrMgO3. The van der Waals surface area contributed by atoms with E-state index in [-0.39, 0.29) is 46.3 Å². The van der Waals surface area contributed by atoms with Crippen LogP contribution in [0.25, 0.3) is 0 Å². The van der Waals surface area contributed by atoms with E-state index in [1.54, 1.807) is 0 Å². The molecule has 0 aromatic heterocycles. The quantitative estimate of drug-likeness (QED) is 0.508. The Morgan fingerprint density at radius 3 is 2.53 bits per heavy atom. The van der Waals surface area contributed by atoms with E-state index in [0.717, 1.165) is 31.8 Å². The summed E-state index contributed by atoms with van der Waals surface area (Å²) in [5.41, 5.74) is 0. The predicted octanol–water partition coefficient (Wildman–Crippen LogP) is -1.36. The molecule has 0 atom stereocenters. The fourth-order valence-electron chi connectivity index (χ4n) is 1.44. The molecule has 0 bridgehead atoms. The molecule has 1 aromatic rings. The van der Waals surface area contributed by atoms with Crippen LogP contribution in [0.3, 0.4) is 0 Å². The van der Waals surface area contributed by atoms with E-state index in [9.17, 15) is 0 Å². The standard InChI is InChI=1S/C12H15O3.BrH.Mg/c1-2-5-11(6-3-1)13-10-7-12-14-8-4-9-15-12;;/h2-3,5-6,12H,4,7-10H2;1H;/q-1;;+2/p-1. The van der Waals surface area contributed by atoms with E-state index in [4.69, 9.17) is 14.2 Å². The van der Waals surface area contributed by atoms with E-state index in [2.05, 4.69) is 6.07 Å². The van der Waals surface area contributed by atoms with Gasteiger partial charge in [-0.15, -0.1) is 12.1 Å². The van der Waals surface area contributed by atoms with Gasteiger partial charge in [-0.25, -0.2) is 0 Å². The van der Waals surface area contributed by atoms with Crippen molar-refractivity contribution in [1.82, 2.24) is 0 Å². The molecule has 2 rings (SSSR count). The summed E-state index contributed by atoms with van der Waals surface area (Å²) < 4.78 is 16.3. The maximum Gasteiger partial charge on any atom is 2.00 e. The first kappa shape index (κ1) is 17.2. The molecule has 90 valence electrons. The Balaban J connectivity index is 0.00000128. The Hall–Kier alpha value is 0.186. The maximum absolute atomic E-state index is 5.53. The third-order valence-corrected chi connectivity index (χ3v) is 2.21. The fourth-order valence-corrected chi connectivity index (χ4v) is 1.44. The average Bonchev–Trinajstić information content (AvgIpc) is 2.32. The van der Waals surface area contributed by atoms with Gasteiger partial charge < -0.3 is 31.2 Å². The van der Waals surface area contributed by atoms with Gasteiger partial charge in [0.15, 0.2) is 6.29 Å². The van der Waals surface area contributed by atoms with Crippen molar-refractivity contribution in [2.45, 2.75) is 19.1 Å². The molecule has 1 aliphatic heterocycles. The van der Waals surface area contributed by atoms with Crippen LogP contribution < -0.4 is 21.7 Å². The van der Waals surface area contributed by atoms with Crippen molar-refractivity contribution in [2.24, 2.45) is 0 Å². The normalized spacial score (nSPS) is 15.5. The largest absolute Gasteiger partial charge is 2.00 e. The van der Waals surface area contributed by atoms with Gasteiger partial charge in [0.05, 0.1) is 19.8 Å². The SMILES string of the molecule is [Br-].[Mg+2].[c-]1ccc(OCCC2OCCCO2)cc1. The minimum atomic E-state index is -0.0889. The smallest absolute Gasteiger partial charge is 1.00 e. The molecule has 0 unspecified atom stereocenters. The van der Waals surface area contributed by atoms with E-state index >= 15 is 0 Å². The van der Waals surface area contributed by atoms with E-state index in [1.165, 1.54) is 0 Å². The van der Waals surface area contributed by atoms with Crippen LogP contribution in [0.4, 0.5) is 0 Å². The molecule has 1 saturated heterocycles. The van der Waals surface area contributed by atoms with Gasteiger partial charge >= 0.3 is 23.1 Å². The first-order chi connectivity index (χ1) is 7.45. The number of hydrogen-bond acceptors (Lipinski definition) is 3. The van der Waals surface area contributed by atoms with E-state index < -0.39 is 0 Å². The average molecular weight is 311 g/mol. The first-order valence-corrected chi connectivity index (χ1v) is 5.27. The zero-order valence-corrected chi connectivity index (χ0v) is 12.7. The number of benzene rings is 1. The Morgan fingerprint density at radius 1 is 1.24 bits per heavy atom. The summed E-state index contributed by atoms with van der Waals surface area (Å²) in [4.78, 5) is 0. The molecule has 3 nitrogen and oxygen atoms in total. The summed E-state index contributed by atoms with van der Waals surface area (Å²) in [7, 11) is 0. The summed E-state index contributed by atoms with van der Waals surface area (Å²) in [6.07, 6.45) is 1.68. The van der Waals surface area contributed by atoms with Crippen LogP contribution in [-0.4, -0.2) is 49.2 Å². The summed E-state index contributed by atoms with van der Waals surface area (Å²) in [6.45, 7) is 2.21. The van der Waals surface area contributed by atoms with Gasteiger partial charge in [0.2, 0.25) is 0 Å². The van der Waals surface area contributed by atoms with Crippen molar-refractivity contribution in [2.75, 3.05) is 19.8 Å². The zero-order chi connectivity index (χ0) is 10.3. The Morgan fingerprint density at radius 2 is 1.88 bits per heavy atom. The zero-order valence-electron chi connectivity index (χ0n) is 9.73. The molecule has 0 radical (unpaired) electrons. The number of halogens is 1. The summed E-state index contributed by atoms with van der Waals surface area (Å²) in [5, 5.41) is 0. The maximum atomic E-state index is 5.53. The van der Waals surface area contributed by atoms with Crippen LogP contribution in [0.5, 0.6) is 5.75 Å². The van der Waals surface area contributed by atoms with Crippen molar-refractivity contribution in [3.05, 3.63) is 30.3 Å². The molecule has 1 fully saturated rings. The Labute approximate surface area is 129 Å². The summed E-state index contributed by atoms with van der Waals surface area (Å²) in [6, 6.07) is 10.4. The van der Waals surface area contributed by atoms with Crippen molar-refractivity contribution in [1.29, 1.82) is 0 Å². The molecule has 0 spiro atoms. The molecule has 0 aliphatic carbocycles. The van der Waals surface area contributed by atoms with Crippen LogP contribution in [-0.2, 0) is 9.47 Å². The Kier molecular flexibility index (Phi) is 10.3. The Bertz CT molecular complexity index is 278. The van der Waals surface area contributed by atoms with Crippen LogP contribution in [0.1, 0.15) is 12.8 Å². The molecule has 5 heteroatoms. The monoisotopic (exact) mass is 310 g/mol. The van der Waals surface area contributed by atoms with Gasteiger partial charge in [-0.3, -0.25) is 0 Å². The van der Waals surface area contributed by atoms with E-state index in [1.807, 2.05) is 24.3 Å². The molecule has 1 heterocycles. The van der Waals surface area contributed by atoms with Crippen molar-refractivity contribution >= 4 is 23.1 Å². The van der Waals surface area contributed by atoms with Gasteiger partial charge in [0.1, 0.15) is 0 Å². The third-order valence-electron chi connectivity index (χ3n) is 2.21. The van der Waals surface area contributed by atoms with Crippen LogP contribution >= 0.6 is 0 Å². The second kappa shape index (κ2) is 10.1. The van der Waals surface area contributed by atoms with Crippen molar-refractivity contribution < 1.29 is 31.2 Å². The molecular weight excluding hydrogens is 296 g/mol. The minimum absolute atomic E-state index is 0. The summed E-state index contributed by atoms with van der Waals surface area (Å²) >= 11 is 0. The second-order valence-corrected chi connectivity index (χ2v) is 3.40. The van der Waals surface area contributed by atoms with Gasteiger partial charge in [0, 0.05) is 12.2 Å². The number of ether oxygens (including phenoxy) is 3. The molecule has 1 aliphatic rings. The number of rotatable bonds is 4. The minimum Gasteiger partial charge on any atom is -1.00 e. The van der Waals surface area contributed by atoms with Gasteiger partial charge in [-0.2, -0.15) is 18.2 Å². The third kappa shape index (κ3) is 6.62. The topological polar surface area (TPSA) is 27.7 Å². The van der Waals surface area contributed by atoms with Crippen molar-refractivity contribution in [3.63, 3.8) is 0 Å². The molecule has 0 saturated carbocycles. The van der Waals surface area contributed by atoms with Gasteiger partial charge in [-0.1, -0.05) is 0 Å². The predicted molar refractivity (Wildman–Crippen MR) is 61.5 cm³/mol. The van der Waals surface area contributed by atoms with Crippen LogP contribution in [0, 0.1) is 6.07 Å². The molecule has 1 aromatic carbocycles. The molecule has 0 N–H and O–H groups in total. The second-order valence-electron chi connectivity index (χ2n) is 3.40. The molecule has 17 heavy (non-hydrogen) atoms.